The van der Waals surface area contributed by atoms with Crippen LogP contribution < -0.4 is 0 Å². The molecule has 2 aromatic rings. The smallest absolute Gasteiger partial charge is 0.233 e. The molecule has 2 atom stereocenters. The van der Waals surface area contributed by atoms with Crippen LogP contribution in [0.4, 0.5) is 5.82 Å². The fourth-order valence-corrected chi connectivity index (χ4v) is 4.93. The number of amides is 1. The molecular formula is C22H26Cl2N4O. The summed E-state index contributed by atoms with van der Waals surface area (Å²) in [5, 5.41) is 5.45. The van der Waals surface area contributed by atoms with Crippen molar-refractivity contribution in [2.75, 3.05) is 13.1 Å². The Morgan fingerprint density at radius 1 is 1.17 bits per heavy atom. The van der Waals surface area contributed by atoms with Crippen LogP contribution in [0.1, 0.15) is 51.1 Å². The monoisotopic (exact) mass is 432 g/mol. The van der Waals surface area contributed by atoms with E-state index in [0.29, 0.717) is 10.0 Å². The number of piperidine rings is 1. The van der Waals surface area contributed by atoms with Crippen LogP contribution in [0.2, 0.25) is 10.0 Å². The molecule has 4 rings (SSSR count). The van der Waals surface area contributed by atoms with Gasteiger partial charge in [-0.25, -0.2) is 9.67 Å². The number of halogens is 2. The number of carbonyl (C=O) groups excluding carboxylic acids is 1. The SMILES string of the molecule is CCCC1CCN(C(=O)C2C(C)=Nc3ccnn3C2c2ccc(Cl)c(Cl)c2)CC1. The number of hydrogen-bond donors (Lipinski definition) is 0. The number of likely N-dealkylation sites (tertiary alicyclic amines) is 1. The molecule has 2 unspecified atom stereocenters. The van der Waals surface area contributed by atoms with E-state index in [2.05, 4.69) is 17.0 Å². The molecular weight excluding hydrogens is 407 g/mol. The highest BCUT2D eigenvalue weighted by atomic mass is 35.5. The van der Waals surface area contributed by atoms with Gasteiger partial charge >= 0.3 is 0 Å². The second kappa shape index (κ2) is 8.49. The molecule has 2 aliphatic heterocycles. The number of benzene rings is 1. The Bertz CT molecular complexity index is 931. The van der Waals surface area contributed by atoms with Gasteiger partial charge in [-0.15, -0.1) is 0 Å². The summed E-state index contributed by atoms with van der Waals surface area (Å²) >= 11 is 12.4. The first-order valence-corrected chi connectivity index (χ1v) is 11.1. The minimum atomic E-state index is -0.401. The Hall–Kier alpha value is -1.85. The number of carbonyl (C=O) groups is 1. The average Bonchev–Trinajstić information content (AvgIpc) is 3.17. The molecule has 154 valence electrons. The van der Waals surface area contributed by atoms with Gasteiger partial charge in [-0.1, -0.05) is 49.0 Å². The molecule has 3 heterocycles. The zero-order chi connectivity index (χ0) is 20.5. The van der Waals surface area contributed by atoms with E-state index in [1.807, 2.05) is 34.7 Å². The molecule has 1 fully saturated rings. The third kappa shape index (κ3) is 3.95. The highest BCUT2D eigenvalue weighted by molar-refractivity contribution is 6.42. The predicted molar refractivity (Wildman–Crippen MR) is 117 cm³/mol. The van der Waals surface area contributed by atoms with E-state index in [4.69, 9.17) is 23.2 Å². The normalized spacial score (nSPS) is 22.3. The lowest BCUT2D eigenvalue weighted by Crippen LogP contribution is -2.47. The van der Waals surface area contributed by atoms with E-state index in [1.54, 1.807) is 12.3 Å². The second-order valence-corrected chi connectivity index (χ2v) is 8.85. The van der Waals surface area contributed by atoms with Crippen molar-refractivity contribution >= 4 is 40.6 Å². The molecule has 29 heavy (non-hydrogen) atoms. The maximum Gasteiger partial charge on any atom is 0.233 e. The molecule has 2 aliphatic rings. The van der Waals surface area contributed by atoms with Crippen LogP contribution in [-0.2, 0) is 4.79 Å². The fourth-order valence-electron chi connectivity index (χ4n) is 4.62. The van der Waals surface area contributed by atoms with Gasteiger partial charge in [0.25, 0.3) is 0 Å². The Labute approximate surface area is 181 Å². The maximum absolute atomic E-state index is 13.6. The van der Waals surface area contributed by atoms with Gasteiger partial charge in [0.2, 0.25) is 5.91 Å². The number of aliphatic imine (C=N–C) groups is 1. The lowest BCUT2D eigenvalue weighted by atomic mass is 9.85. The van der Waals surface area contributed by atoms with Gasteiger partial charge in [-0.2, -0.15) is 5.10 Å². The third-order valence-corrected chi connectivity index (χ3v) is 6.88. The molecule has 1 aromatic heterocycles. The molecule has 0 bridgehead atoms. The van der Waals surface area contributed by atoms with Crippen LogP contribution in [0, 0.1) is 11.8 Å². The van der Waals surface area contributed by atoms with Crippen LogP contribution in [0.25, 0.3) is 0 Å². The lowest BCUT2D eigenvalue weighted by molar-refractivity contribution is -0.135. The van der Waals surface area contributed by atoms with E-state index in [1.165, 1.54) is 12.8 Å². The minimum Gasteiger partial charge on any atom is -0.342 e. The summed E-state index contributed by atoms with van der Waals surface area (Å²) in [7, 11) is 0. The predicted octanol–water partition coefficient (Wildman–Crippen LogP) is 5.54. The Kier molecular flexibility index (Phi) is 5.98. The summed E-state index contributed by atoms with van der Waals surface area (Å²) in [6.45, 7) is 5.79. The van der Waals surface area contributed by atoms with Gasteiger partial charge in [0.1, 0.15) is 5.92 Å². The largest absolute Gasteiger partial charge is 0.342 e. The summed E-state index contributed by atoms with van der Waals surface area (Å²) in [5.74, 6) is 1.21. The molecule has 0 N–H and O–H groups in total. The second-order valence-electron chi connectivity index (χ2n) is 8.04. The molecule has 0 spiro atoms. The molecule has 5 nitrogen and oxygen atoms in total. The Balaban J connectivity index is 1.66. The van der Waals surface area contributed by atoms with E-state index >= 15 is 0 Å². The Morgan fingerprint density at radius 3 is 2.62 bits per heavy atom. The summed E-state index contributed by atoms with van der Waals surface area (Å²) in [6, 6.07) is 7.13. The molecule has 0 aliphatic carbocycles. The first-order chi connectivity index (χ1) is 14.0. The fraction of sp³-hybridized carbons (Fsp3) is 0.500. The Morgan fingerprint density at radius 2 is 1.93 bits per heavy atom. The number of aromatic nitrogens is 2. The molecule has 7 heteroatoms. The van der Waals surface area contributed by atoms with Crippen LogP contribution in [0.3, 0.4) is 0 Å². The van der Waals surface area contributed by atoms with Crippen LogP contribution in [0.5, 0.6) is 0 Å². The van der Waals surface area contributed by atoms with Crippen LogP contribution in [-0.4, -0.2) is 39.4 Å². The van der Waals surface area contributed by atoms with Gasteiger partial charge in [0.15, 0.2) is 5.82 Å². The number of rotatable bonds is 4. The third-order valence-electron chi connectivity index (χ3n) is 6.14. The summed E-state index contributed by atoms with van der Waals surface area (Å²) in [5.41, 5.74) is 1.73. The summed E-state index contributed by atoms with van der Waals surface area (Å²) in [4.78, 5) is 20.3. The minimum absolute atomic E-state index is 0.124. The molecule has 1 amide bonds. The van der Waals surface area contributed by atoms with Crippen molar-refractivity contribution in [3.63, 3.8) is 0 Å². The van der Waals surface area contributed by atoms with Crippen molar-refractivity contribution < 1.29 is 4.79 Å². The van der Waals surface area contributed by atoms with E-state index in [9.17, 15) is 4.79 Å². The van der Waals surface area contributed by atoms with E-state index in [-0.39, 0.29) is 11.9 Å². The number of fused-ring (bicyclic) bond motifs is 1. The standard InChI is InChI=1S/C22H26Cl2N4O/c1-3-4-15-8-11-27(12-9-15)22(29)20-14(2)26-19-7-10-25-28(19)21(20)16-5-6-17(23)18(24)13-16/h5-7,10,13,15,20-21H,3-4,8-9,11-12H2,1-2H3. The highest BCUT2D eigenvalue weighted by Crippen LogP contribution is 2.39. The molecule has 0 saturated carbocycles. The first kappa shape index (κ1) is 20.4. The molecule has 1 saturated heterocycles. The van der Waals surface area contributed by atoms with Gasteiger partial charge in [0, 0.05) is 24.9 Å². The van der Waals surface area contributed by atoms with Gasteiger partial charge in [-0.05, 0) is 43.4 Å². The van der Waals surface area contributed by atoms with Gasteiger partial charge in [0.05, 0.1) is 22.3 Å². The van der Waals surface area contributed by atoms with Crippen molar-refractivity contribution in [2.45, 2.75) is 45.6 Å². The van der Waals surface area contributed by atoms with Crippen molar-refractivity contribution in [2.24, 2.45) is 16.8 Å². The van der Waals surface area contributed by atoms with E-state index < -0.39 is 5.92 Å². The van der Waals surface area contributed by atoms with Crippen molar-refractivity contribution in [1.29, 1.82) is 0 Å². The number of hydrogen-bond acceptors (Lipinski definition) is 3. The highest BCUT2D eigenvalue weighted by Gasteiger charge is 2.40. The summed E-state index contributed by atoms with van der Waals surface area (Å²) < 4.78 is 1.83. The van der Waals surface area contributed by atoms with Gasteiger partial charge in [-0.3, -0.25) is 4.79 Å². The van der Waals surface area contributed by atoms with Crippen LogP contribution in [0.15, 0.2) is 35.5 Å². The molecule has 1 aromatic carbocycles. The lowest BCUT2D eigenvalue weighted by Gasteiger charge is -2.38. The van der Waals surface area contributed by atoms with E-state index in [0.717, 1.165) is 48.9 Å². The number of nitrogens with zero attached hydrogens (tertiary/aromatic N) is 4. The zero-order valence-corrected chi connectivity index (χ0v) is 18.3. The van der Waals surface area contributed by atoms with Crippen LogP contribution >= 0.6 is 23.2 Å². The van der Waals surface area contributed by atoms with Crippen molar-refractivity contribution in [3.8, 4) is 0 Å². The maximum atomic E-state index is 13.6. The average molecular weight is 433 g/mol. The van der Waals surface area contributed by atoms with Gasteiger partial charge < -0.3 is 4.90 Å². The molecule has 0 radical (unpaired) electrons. The topological polar surface area (TPSA) is 50.5 Å². The zero-order valence-electron chi connectivity index (χ0n) is 16.8. The summed E-state index contributed by atoms with van der Waals surface area (Å²) in [6.07, 6.45) is 6.32. The van der Waals surface area contributed by atoms with Crippen molar-refractivity contribution in [1.82, 2.24) is 14.7 Å². The quantitative estimate of drug-likeness (QED) is 0.636. The first-order valence-electron chi connectivity index (χ1n) is 10.3. The van der Waals surface area contributed by atoms with Crippen molar-refractivity contribution in [3.05, 3.63) is 46.1 Å².